The number of fused-ring (bicyclic) bond motifs is 5. The predicted octanol–water partition coefficient (Wildman–Crippen LogP) is 3.14. The molecule has 0 bridgehead atoms. The van der Waals surface area contributed by atoms with E-state index in [0.717, 1.165) is 18.6 Å². The molecule has 1 unspecified atom stereocenters. The Bertz CT molecular complexity index is 501. The number of aliphatic hydroxyl groups excluding tert-OH is 1. The molecular weight excluding hydrogens is 276 g/mol. The first-order valence-corrected chi connectivity index (χ1v) is 9.16. The molecule has 22 heavy (non-hydrogen) atoms. The van der Waals surface area contributed by atoms with Crippen LogP contribution in [-0.2, 0) is 9.59 Å². The highest BCUT2D eigenvalue weighted by Crippen LogP contribution is 2.65. The van der Waals surface area contributed by atoms with Crippen molar-refractivity contribution in [3.8, 4) is 0 Å². The van der Waals surface area contributed by atoms with Gasteiger partial charge in [-0.1, -0.05) is 19.8 Å². The molecule has 0 radical (unpaired) electrons. The van der Waals surface area contributed by atoms with E-state index in [1.807, 2.05) is 0 Å². The lowest BCUT2D eigenvalue weighted by Gasteiger charge is -2.60. The highest BCUT2D eigenvalue weighted by atomic mass is 16.3. The van der Waals surface area contributed by atoms with Gasteiger partial charge in [0.05, 0.1) is 6.10 Å². The van der Waals surface area contributed by atoms with Gasteiger partial charge in [-0.15, -0.1) is 0 Å². The summed E-state index contributed by atoms with van der Waals surface area (Å²) in [5, 5.41) is 11.0. The normalized spacial score (nSPS) is 54.3. The van der Waals surface area contributed by atoms with Gasteiger partial charge in [0.1, 0.15) is 12.1 Å². The van der Waals surface area contributed by atoms with Crippen molar-refractivity contribution in [2.24, 2.45) is 34.5 Å². The molecule has 7 atom stereocenters. The third-order valence-corrected chi connectivity index (χ3v) is 7.99. The molecule has 0 aromatic rings. The van der Waals surface area contributed by atoms with Crippen LogP contribution in [0.1, 0.15) is 64.7 Å². The molecule has 0 saturated heterocycles. The molecule has 4 aliphatic rings. The van der Waals surface area contributed by atoms with Crippen LogP contribution in [0, 0.1) is 34.5 Å². The topological polar surface area (TPSA) is 54.4 Å². The lowest BCUT2D eigenvalue weighted by Crippen LogP contribution is -2.58. The van der Waals surface area contributed by atoms with Crippen molar-refractivity contribution in [1.82, 2.24) is 0 Å². The number of hydrogen-bond acceptors (Lipinski definition) is 3. The number of ketones is 1. The van der Waals surface area contributed by atoms with Crippen molar-refractivity contribution < 1.29 is 14.7 Å². The highest BCUT2D eigenvalue weighted by Gasteiger charge is 2.63. The van der Waals surface area contributed by atoms with Gasteiger partial charge in [0.15, 0.2) is 0 Å². The predicted molar refractivity (Wildman–Crippen MR) is 83.1 cm³/mol. The summed E-state index contributed by atoms with van der Waals surface area (Å²) in [4.78, 5) is 23.9. The second kappa shape index (κ2) is 4.90. The minimum Gasteiger partial charge on any atom is -0.393 e. The average molecular weight is 304 g/mol. The summed E-state index contributed by atoms with van der Waals surface area (Å²) >= 11 is 0. The molecule has 3 nitrogen and oxygen atoms in total. The van der Waals surface area contributed by atoms with E-state index in [9.17, 15) is 14.7 Å². The summed E-state index contributed by atoms with van der Waals surface area (Å²) in [6.07, 6.45) is 9.55. The van der Waals surface area contributed by atoms with Crippen LogP contribution in [-0.4, -0.2) is 23.3 Å². The molecular formula is C19H28O3. The lowest BCUT2D eigenvalue weighted by atomic mass is 9.44. The third-order valence-electron chi connectivity index (χ3n) is 7.99. The van der Waals surface area contributed by atoms with E-state index in [2.05, 4.69) is 6.92 Å². The van der Waals surface area contributed by atoms with Crippen LogP contribution in [0.2, 0.25) is 0 Å². The Morgan fingerprint density at radius 2 is 2.05 bits per heavy atom. The SMILES string of the molecule is C[C@]12CCCCC1CC[C@@H]1[C@@H]2[C@@H](O)C[C@]2(C=O)CC(=O)C[C@@H]12. The Balaban J connectivity index is 1.72. The van der Waals surface area contributed by atoms with Crippen molar-refractivity contribution in [3.63, 3.8) is 0 Å². The zero-order valence-electron chi connectivity index (χ0n) is 13.6. The molecule has 4 aliphatic carbocycles. The molecule has 4 fully saturated rings. The van der Waals surface area contributed by atoms with Crippen molar-refractivity contribution >= 4 is 12.1 Å². The number of hydrogen-bond donors (Lipinski definition) is 1. The number of carbonyl (C=O) groups excluding carboxylic acids is 2. The van der Waals surface area contributed by atoms with Crippen molar-refractivity contribution in [1.29, 1.82) is 0 Å². The first-order chi connectivity index (χ1) is 10.5. The first kappa shape index (κ1) is 14.9. The molecule has 4 rings (SSSR count). The summed E-state index contributed by atoms with van der Waals surface area (Å²) < 4.78 is 0. The Morgan fingerprint density at radius 1 is 1.23 bits per heavy atom. The van der Waals surface area contributed by atoms with Crippen LogP contribution in [0.4, 0.5) is 0 Å². The van der Waals surface area contributed by atoms with Gasteiger partial charge in [-0.05, 0) is 61.2 Å². The fourth-order valence-electron chi connectivity index (χ4n) is 7.10. The van der Waals surface area contributed by atoms with E-state index in [-0.39, 0.29) is 17.1 Å². The van der Waals surface area contributed by atoms with E-state index in [0.29, 0.717) is 31.1 Å². The van der Waals surface area contributed by atoms with Crippen LogP contribution >= 0.6 is 0 Å². The van der Waals surface area contributed by atoms with Crippen molar-refractivity contribution in [2.45, 2.75) is 70.8 Å². The quantitative estimate of drug-likeness (QED) is 0.757. The number of aliphatic hydroxyl groups is 1. The van der Waals surface area contributed by atoms with Gasteiger partial charge in [0.2, 0.25) is 0 Å². The smallest absolute Gasteiger partial charge is 0.134 e. The van der Waals surface area contributed by atoms with Gasteiger partial charge in [0, 0.05) is 18.3 Å². The zero-order valence-corrected chi connectivity index (χ0v) is 13.6. The largest absolute Gasteiger partial charge is 0.393 e. The van der Waals surface area contributed by atoms with E-state index >= 15 is 0 Å². The van der Waals surface area contributed by atoms with Gasteiger partial charge < -0.3 is 9.90 Å². The summed E-state index contributed by atoms with van der Waals surface area (Å²) in [6, 6.07) is 0. The summed E-state index contributed by atoms with van der Waals surface area (Å²) in [6.45, 7) is 2.39. The van der Waals surface area contributed by atoms with Crippen molar-refractivity contribution in [2.75, 3.05) is 0 Å². The standard InChI is InChI=1S/C19H28O3/c1-18-7-3-2-4-12(18)5-6-14-15-8-13(21)9-19(15,11-20)10-16(22)17(14)18/h11-12,14-17,22H,2-10H2,1H3/t12?,14-,15-,16-,17+,18-,19-/m0/s1. The second-order valence-corrected chi connectivity index (χ2v) is 8.86. The Hall–Kier alpha value is -0.700. The first-order valence-electron chi connectivity index (χ1n) is 9.16. The van der Waals surface area contributed by atoms with E-state index in [4.69, 9.17) is 0 Å². The van der Waals surface area contributed by atoms with Gasteiger partial charge in [-0.3, -0.25) is 4.79 Å². The maximum Gasteiger partial charge on any atom is 0.134 e. The molecule has 4 saturated carbocycles. The Morgan fingerprint density at radius 3 is 2.82 bits per heavy atom. The van der Waals surface area contributed by atoms with Crippen LogP contribution < -0.4 is 0 Å². The van der Waals surface area contributed by atoms with Crippen molar-refractivity contribution in [3.05, 3.63) is 0 Å². The zero-order chi connectivity index (χ0) is 15.5. The highest BCUT2D eigenvalue weighted by molar-refractivity contribution is 5.87. The Kier molecular flexibility index (Phi) is 3.31. The molecule has 3 heteroatoms. The summed E-state index contributed by atoms with van der Waals surface area (Å²) in [5.41, 5.74) is -0.323. The maximum atomic E-state index is 12.1. The number of Topliss-reactive ketones (excluding diaryl/α,β-unsaturated/α-hetero) is 1. The van der Waals surface area contributed by atoms with Gasteiger partial charge in [0.25, 0.3) is 0 Å². The molecule has 0 aromatic heterocycles. The van der Waals surface area contributed by atoms with Crippen LogP contribution in [0.15, 0.2) is 0 Å². The number of aldehydes is 1. The molecule has 0 heterocycles. The van der Waals surface area contributed by atoms with Gasteiger partial charge in [-0.25, -0.2) is 0 Å². The summed E-state index contributed by atoms with van der Waals surface area (Å²) in [5.74, 6) is 1.85. The molecule has 0 aromatic carbocycles. The number of carbonyl (C=O) groups is 2. The second-order valence-electron chi connectivity index (χ2n) is 8.86. The Labute approximate surface area is 132 Å². The average Bonchev–Trinajstić information content (AvgIpc) is 2.83. The van der Waals surface area contributed by atoms with Crippen LogP contribution in [0.25, 0.3) is 0 Å². The lowest BCUT2D eigenvalue weighted by molar-refractivity contribution is -0.168. The third kappa shape index (κ3) is 1.84. The maximum absolute atomic E-state index is 12.1. The van der Waals surface area contributed by atoms with E-state index < -0.39 is 11.5 Å². The molecule has 122 valence electrons. The minimum atomic E-state index is -0.546. The molecule has 0 aliphatic heterocycles. The summed E-state index contributed by atoms with van der Waals surface area (Å²) in [7, 11) is 0. The molecule has 0 spiro atoms. The number of rotatable bonds is 1. The van der Waals surface area contributed by atoms with Crippen LogP contribution in [0.5, 0.6) is 0 Å². The molecule has 0 amide bonds. The fourth-order valence-corrected chi connectivity index (χ4v) is 7.10. The minimum absolute atomic E-state index is 0.200. The van der Waals surface area contributed by atoms with Crippen LogP contribution in [0.3, 0.4) is 0 Å². The fraction of sp³-hybridized carbons (Fsp3) is 0.895. The van der Waals surface area contributed by atoms with Gasteiger partial charge in [-0.2, -0.15) is 0 Å². The molecule has 1 N–H and O–H groups in total. The monoisotopic (exact) mass is 304 g/mol. The van der Waals surface area contributed by atoms with E-state index in [1.165, 1.54) is 32.1 Å². The van der Waals surface area contributed by atoms with Gasteiger partial charge >= 0.3 is 0 Å². The van der Waals surface area contributed by atoms with E-state index in [1.54, 1.807) is 0 Å².